The summed E-state index contributed by atoms with van der Waals surface area (Å²) in [6, 6.07) is 5.20. The van der Waals surface area contributed by atoms with Crippen LogP contribution in [0.15, 0.2) is 22.7 Å². The van der Waals surface area contributed by atoms with Gasteiger partial charge in [-0.15, -0.1) is 0 Å². The van der Waals surface area contributed by atoms with Crippen molar-refractivity contribution in [1.82, 2.24) is 10.1 Å². The molecule has 1 aliphatic rings. The van der Waals surface area contributed by atoms with E-state index in [2.05, 4.69) is 10.1 Å². The summed E-state index contributed by atoms with van der Waals surface area (Å²) in [6.07, 6.45) is 0. The van der Waals surface area contributed by atoms with Gasteiger partial charge in [-0.1, -0.05) is 0 Å². The number of aromatic nitrogens is 2. The van der Waals surface area contributed by atoms with E-state index in [0.29, 0.717) is 36.4 Å². The molecular weight excluding hydrogens is 246 g/mol. The van der Waals surface area contributed by atoms with E-state index in [0.717, 1.165) is 18.7 Å². The number of hydrogen-bond acceptors (Lipinski definition) is 7. The van der Waals surface area contributed by atoms with E-state index < -0.39 is 0 Å². The molecule has 0 radical (unpaired) electrons. The van der Waals surface area contributed by atoms with Gasteiger partial charge in [-0.05, 0) is 23.4 Å². The van der Waals surface area contributed by atoms with Crippen molar-refractivity contribution >= 4 is 17.3 Å². The van der Waals surface area contributed by atoms with Gasteiger partial charge in [0.25, 0.3) is 11.8 Å². The van der Waals surface area contributed by atoms with E-state index >= 15 is 0 Å². The lowest BCUT2D eigenvalue weighted by Gasteiger charge is -2.24. The number of nitrogens with zero attached hydrogens (tertiary/aromatic N) is 3. The minimum Gasteiger partial charge on any atom is -0.399 e. The Morgan fingerprint density at radius 1 is 1.05 bits per heavy atom. The highest BCUT2D eigenvalue weighted by molar-refractivity contribution is 5.67. The number of benzene rings is 1. The Hall–Kier alpha value is -2.28. The van der Waals surface area contributed by atoms with Crippen LogP contribution >= 0.6 is 0 Å². The summed E-state index contributed by atoms with van der Waals surface area (Å²) in [5, 5.41) is 3.98. The number of hydrogen-bond donors (Lipinski definition) is 2. The highest BCUT2D eigenvalue weighted by Crippen LogP contribution is 2.25. The lowest BCUT2D eigenvalue weighted by Crippen LogP contribution is -2.36. The normalized spacial score (nSPS) is 15.7. The number of nitrogens with two attached hydrogens (primary N) is 2. The molecule has 0 bridgehead atoms. The number of nitrogen functional groups attached to an aromatic ring is 2. The summed E-state index contributed by atoms with van der Waals surface area (Å²) in [5.41, 5.74) is 13.4. The average molecular weight is 261 g/mol. The smallest absolute Gasteiger partial charge is 0.266 e. The Bertz CT molecular complexity index is 557. The molecule has 0 spiro atoms. The van der Waals surface area contributed by atoms with E-state index in [1.807, 2.05) is 4.90 Å². The Balaban J connectivity index is 1.87. The highest BCUT2D eigenvalue weighted by atomic mass is 16.5. The first-order valence-corrected chi connectivity index (χ1v) is 6.05. The van der Waals surface area contributed by atoms with Crippen LogP contribution in [0.4, 0.5) is 17.3 Å². The molecule has 7 nitrogen and oxygen atoms in total. The summed E-state index contributed by atoms with van der Waals surface area (Å²) in [5.74, 6) is 0.986. The monoisotopic (exact) mass is 261 g/mol. The van der Waals surface area contributed by atoms with Gasteiger partial charge in [0, 0.05) is 30.0 Å². The van der Waals surface area contributed by atoms with Gasteiger partial charge in [0.15, 0.2) is 0 Å². The zero-order valence-corrected chi connectivity index (χ0v) is 10.4. The molecule has 1 fully saturated rings. The molecule has 7 heteroatoms. The van der Waals surface area contributed by atoms with Crippen LogP contribution in [-0.2, 0) is 4.74 Å². The van der Waals surface area contributed by atoms with Crippen molar-refractivity contribution in [3.8, 4) is 11.5 Å². The minimum absolute atomic E-state index is 0.417. The molecule has 3 rings (SSSR count). The first-order chi connectivity index (χ1) is 9.22. The van der Waals surface area contributed by atoms with Gasteiger partial charge in [0.05, 0.1) is 13.2 Å². The Labute approximate surface area is 110 Å². The maximum absolute atomic E-state index is 5.75. The van der Waals surface area contributed by atoms with Crippen molar-refractivity contribution in [2.75, 3.05) is 42.7 Å². The predicted molar refractivity (Wildman–Crippen MR) is 71.6 cm³/mol. The largest absolute Gasteiger partial charge is 0.399 e. The zero-order chi connectivity index (χ0) is 13.2. The number of morpholine rings is 1. The Morgan fingerprint density at radius 3 is 2.42 bits per heavy atom. The Morgan fingerprint density at radius 2 is 1.74 bits per heavy atom. The highest BCUT2D eigenvalue weighted by Gasteiger charge is 2.18. The maximum Gasteiger partial charge on any atom is 0.266 e. The third-order valence-corrected chi connectivity index (χ3v) is 2.93. The molecule has 1 aromatic carbocycles. The third-order valence-electron chi connectivity index (χ3n) is 2.93. The van der Waals surface area contributed by atoms with Crippen molar-refractivity contribution in [3.05, 3.63) is 18.2 Å². The summed E-state index contributed by atoms with van der Waals surface area (Å²) in [6.45, 7) is 2.88. The molecule has 100 valence electrons. The topological polar surface area (TPSA) is 103 Å². The zero-order valence-electron chi connectivity index (χ0n) is 10.4. The molecule has 19 heavy (non-hydrogen) atoms. The van der Waals surface area contributed by atoms with E-state index in [-0.39, 0.29) is 0 Å². The van der Waals surface area contributed by atoms with Crippen LogP contribution in [-0.4, -0.2) is 36.4 Å². The third kappa shape index (κ3) is 2.45. The van der Waals surface area contributed by atoms with Crippen molar-refractivity contribution in [2.24, 2.45) is 0 Å². The maximum atomic E-state index is 5.75. The second kappa shape index (κ2) is 4.77. The lowest BCUT2D eigenvalue weighted by molar-refractivity contribution is 0.121. The quantitative estimate of drug-likeness (QED) is 0.768. The van der Waals surface area contributed by atoms with Gasteiger partial charge in [-0.3, -0.25) is 0 Å². The molecule has 2 heterocycles. The van der Waals surface area contributed by atoms with Crippen LogP contribution in [0.1, 0.15) is 0 Å². The van der Waals surface area contributed by atoms with Crippen molar-refractivity contribution in [2.45, 2.75) is 0 Å². The molecule has 1 saturated heterocycles. The number of anilines is 3. The summed E-state index contributed by atoms with van der Waals surface area (Å²) in [7, 11) is 0. The van der Waals surface area contributed by atoms with Gasteiger partial charge in [0.2, 0.25) is 0 Å². The molecular formula is C12H15N5O2. The fraction of sp³-hybridized carbons (Fsp3) is 0.333. The van der Waals surface area contributed by atoms with Gasteiger partial charge < -0.3 is 25.6 Å². The fourth-order valence-corrected chi connectivity index (χ4v) is 2.02. The molecule has 0 amide bonds. The van der Waals surface area contributed by atoms with Crippen LogP contribution in [0.25, 0.3) is 11.5 Å². The molecule has 0 unspecified atom stereocenters. The summed E-state index contributed by atoms with van der Waals surface area (Å²) < 4.78 is 10.5. The molecule has 1 aromatic heterocycles. The average Bonchev–Trinajstić information content (AvgIpc) is 2.88. The fourth-order valence-electron chi connectivity index (χ4n) is 2.02. The predicted octanol–water partition coefficient (Wildman–Crippen LogP) is 0.738. The SMILES string of the molecule is Nc1cc(N)cc(-c2nc(N3CCOCC3)no2)c1. The minimum atomic E-state index is 0.417. The van der Waals surface area contributed by atoms with E-state index in [1.165, 1.54) is 0 Å². The first-order valence-electron chi connectivity index (χ1n) is 6.05. The van der Waals surface area contributed by atoms with Crippen LogP contribution in [0.3, 0.4) is 0 Å². The molecule has 1 aliphatic heterocycles. The molecule has 0 saturated carbocycles. The van der Waals surface area contributed by atoms with Crippen LogP contribution in [0.5, 0.6) is 0 Å². The second-order valence-corrected chi connectivity index (χ2v) is 4.39. The van der Waals surface area contributed by atoms with E-state index in [1.54, 1.807) is 18.2 Å². The van der Waals surface area contributed by atoms with Gasteiger partial charge in [0.1, 0.15) is 0 Å². The summed E-state index contributed by atoms with van der Waals surface area (Å²) >= 11 is 0. The molecule has 0 atom stereocenters. The van der Waals surface area contributed by atoms with Crippen LogP contribution in [0, 0.1) is 0 Å². The van der Waals surface area contributed by atoms with Crippen molar-refractivity contribution < 1.29 is 9.26 Å². The van der Waals surface area contributed by atoms with Crippen LogP contribution in [0.2, 0.25) is 0 Å². The lowest BCUT2D eigenvalue weighted by atomic mass is 10.2. The van der Waals surface area contributed by atoms with Gasteiger partial charge in [-0.2, -0.15) is 4.98 Å². The van der Waals surface area contributed by atoms with Crippen LogP contribution < -0.4 is 16.4 Å². The Kier molecular flexibility index (Phi) is 2.96. The van der Waals surface area contributed by atoms with E-state index in [4.69, 9.17) is 20.7 Å². The van der Waals surface area contributed by atoms with Gasteiger partial charge >= 0.3 is 0 Å². The molecule has 2 aromatic rings. The molecule has 4 N–H and O–H groups in total. The van der Waals surface area contributed by atoms with Crippen molar-refractivity contribution in [1.29, 1.82) is 0 Å². The molecule has 0 aliphatic carbocycles. The number of ether oxygens (including phenoxy) is 1. The number of rotatable bonds is 2. The van der Waals surface area contributed by atoms with Gasteiger partial charge in [-0.25, -0.2) is 0 Å². The standard InChI is InChI=1S/C12H15N5O2/c13-9-5-8(6-10(14)7-9)11-15-12(16-19-11)17-1-3-18-4-2-17/h5-7H,1-4,13-14H2. The summed E-state index contributed by atoms with van der Waals surface area (Å²) in [4.78, 5) is 6.39. The first kappa shape index (κ1) is 11.8. The second-order valence-electron chi connectivity index (χ2n) is 4.39. The van der Waals surface area contributed by atoms with E-state index in [9.17, 15) is 0 Å². The van der Waals surface area contributed by atoms with Crippen molar-refractivity contribution in [3.63, 3.8) is 0 Å².